The fourth-order valence-corrected chi connectivity index (χ4v) is 11.7. The second-order valence-corrected chi connectivity index (χ2v) is 21.3. The molecule has 5 nitrogen and oxygen atoms in total. The van der Waals surface area contributed by atoms with Gasteiger partial charge in [-0.2, -0.15) is 0 Å². The summed E-state index contributed by atoms with van der Waals surface area (Å²) in [6, 6.07) is 6.75. The van der Waals surface area contributed by atoms with Gasteiger partial charge in [-0.25, -0.2) is 0 Å². The lowest BCUT2D eigenvalue weighted by Crippen LogP contribution is -2.40. The van der Waals surface area contributed by atoms with E-state index in [0.717, 1.165) is 74.8 Å². The molecule has 0 aromatic rings. The van der Waals surface area contributed by atoms with Crippen LogP contribution in [0.3, 0.4) is 0 Å². The average molecular weight is 595 g/mol. The summed E-state index contributed by atoms with van der Waals surface area (Å²) in [7, 11) is -3.54. The predicted octanol–water partition coefficient (Wildman–Crippen LogP) is 9.11. The van der Waals surface area contributed by atoms with Gasteiger partial charge in [-0.15, -0.1) is 6.58 Å². The zero-order valence-electron chi connectivity index (χ0n) is 27.0. The van der Waals surface area contributed by atoms with Crippen LogP contribution < -0.4 is 0 Å². The summed E-state index contributed by atoms with van der Waals surface area (Å²) in [5.41, 5.74) is 0. The number of aliphatic hydroxyl groups excluding tert-OH is 1. The minimum atomic E-state index is -1.79. The van der Waals surface area contributed by atoms with Crippen molar-refractivity contribution in [2.24, 2.45) is 5.92 Å². The molecular formula is C33H62O5Si2. The normalized spacial score (nSPS) is 21.1. The van der Waals surface area contributed by atoms with Gasteiger partial charge in [0.1, 0.15) is 6.10 Å². The van der Waals surface area contributed by atoms with Crippen molar-refractivity contribution >= 4 is 22.6 Å². The van der Waals surface area contributed by atoms with E-state index in [2.05, 4.69) is 73.3 Å². The van der Waals surface area contributed by atoms with Crippen LogP contribution in [0.4, 0.5) is 0 Å². The van der Waals surface area contributed by atoms with Crippen LogP contribution in [-0.4, -0.2) is 52.1 Å². The predicted molar refractivity (Wildman–Crippen MR) is 175 cm³/mol. The van der Waals surface area contributed by atoms with Gasteiger partial charge in [0.25, 0.3) is 0 Å². The van der Waals surface area contributed by atoms with Crippen LogP contribution in [0.2, 0.25) is 36.3 Å². The van der Waals surface area contributed by atoms with Gasteiger partial charge in [-0.05, 0) is 87.1 Å². The third kappa shape index (κ3) is 13.3. The molecule has 1 aliphatic heterocycles. The number of hydrogen-bond donors (Lipinski definition) is 1. The van der Waals surface area contributed by atoms with Gasteiger partial charge in [0.2, 0.25) is 0 Å². The Balaban J connectivity index is 2.99. The molecule has 1 heterocycles. The third-order valence-corrected chi connectivity index (χ3v) is 18.5. The van der Waals surface area contributed by atoms with E-state index < -0.39 is 22.7 Å². The first kappa shape index (κ1) is 37.0. The molecule has 40 heavy (non-hydrogen) atoms. The van der Waals surface area contributed by atoms with Crippen LogP contribution in [0.15, 0.2) is 37.0 Å². The molecule has 1 saturated heterocycles. The maximum atomic E-state index is 11.9. The maximum Gasteiger partial charge on any atom is 0.306 e. The van der Waals surface area contributed by atoms with Gasteiger partial charge < -0.3 is 18.7 Å². The van der Waals surface area contributed by atoms with Crippen molar-refractivity contribution in [3.05, 3.63) is 37.0 Å². The van der Waals surface area contributed by atoms with Crippen molar-refractivity contribution in [2.45, 2.75) is 161 Å². The van der Waals surface area contributed by atoms with E-state index in [1.165, 1.54) is 0 Å². The van der Waals surface area contributed by atoms with Gasteiger partial charge in [0.15, 0.2) is 16.6 Å². The number of carbonyl (C=O) groups excluding carboxylic acids is 1. The molecule has 0 aromatic heterocycles. The van der Waals surface area contributed by atoms with E-state index in [4.69, 9.17) is 13.6 Å². The quantitative estimate of drug-likeness (QED) is 0.0769. The maximum absolute atomic E-state index is 11.9. The first-order valence-corrected chi connectivity index (χ1v) is 21.4. The number of hydrogen-bond acceptors (Lipinski definition) is 5. The zero-order valence-corrected chi connectivity index (χ0v) is 29.0. The topological polar surface area (TPSA) is 65.0 Å². The Labute approximate surface area is 249 Å². The Kier molecular flexibility index (Phi) is 18.5. The minimum absolute atomic E-state index is 0.00742. The van der Waals surface area contributed by atoms with Gasteiger partial charge >= 0.3 is 5.97 Å². The Hall–Kier alpha value is -0.996. The van der Waals surface area contributed by atoms with Crippen LogP contribution in [0.25, 0.3) is 0 Å². The molecule has 0 unspecified atom stereocenters. The van der Waals surface area contributed by atoms with E-state index in [1.807, 2.05) is 6.08 Å². The van der Waals surface area contributed by atoms with E-state index in [-0.39, 0.29) is 24.3 Å². The van der Waals surface area contributed by atoms with Crippen molar-refractivity contribution in [1.29, 1.82) is 0 Å². The fraction of sp³-hybridized carbons (Fsp3) is 0.788. The highest BCUT2D eigenvalue weighted by Gasteiger charge is 2.33. The molecule has 1 N–H and O–H groups in total. The van der Waals surface area contributed by atoms with Crippen molar-refractivity contribution in [3.8, 4) is 0 Å². The van der Waals surface area contributed by atoms with E-state index in [9.17, 15) is 9.90 Å². The van der Waals surface area contributed by atoms with Crippen LogP contribution in [0, 0.1) is 5.92 Å². The first-order chi connectivity index (χ1) is 19.1. The number of ether oxygens (including phenoxy) is 1. The highest BCUT2D eigenvalue weighted by atomic mass is 28.4. The lowest BCUT2D eigenvalue weighted by molar-refractivity contribution is -0.156. The van der Waals surface area contributed by atoms with Crippen molar-refractivity contribution in [3.63, 3.8) is 0 Å². The van der Waals surface area contributed by atoms with E-state index >= 15 is 0 Å². The van der Waals surface area contributed by atoms with Crippen LogP contribution in [-0.2, 0) is 18.4 Å². The molecular weight excluding hydrogens is 533 g/mol. The standard InChI is InChI=1S/C33H62O5Si2/c1-9-19-29(34)20-16-21-30(37-39(10-2,11-3)12-4)22-17-23-31(38-40(13-5,14-6)15-7)24-18-25-32-26-28(8)27-33(35)36-32/h9,16-17,20,22,28-32,34H,1,10-15,18-19,21,23-27H2,2-8H3/b20-16+,22-17+/t28-,29-,30-,31-,32-/m0/s1. The molecule has 0 amide bonds. The molecule has 1 aliphatic rings. The van der Waals surface area contributed by atoms with Crippen molar-refractivity contribution < 1.29 is 23.5 Å². The first-order valence-electron chi connectivity index (χ1n) is 16.3. The van der Waals surface area contributed by atoms with Crippen molar-refractivity contribution in [2.75, 3.05) is 0 Å². The number of cyclic esters (lactones) is 1. The smallest absolute Gasteiger partial charge is 0.306 e. The summed E-state index contributed by atoms with van der Waals surface area (Å²) in [6.07, 6.45) is 16.6. The van der Waals surface area contributed by atoms with Crippen LogP contribution >= 0.6 is 0 Å². The number of carbonyl (C=O) groups is 1. The molecule has 0 spiro atoms. The Morgan fingerprint density at radius 1 is 0.925 bits per heavy atom. The Bertz CT molecular complexity index is 743. The van der Waals surface area contributed by atoms with Crippen molar-refractivity contribution in [1.82, 2.24) is 0 Å². The highest BCUT2D eigenvalue weighted by Crippen LogP contribution is 2.29. The largest absolute Gasteiger partial charge is 0.462 e. The van der Waals surface area contributed by atoms with Crippen LogP contribution in [0.1, 0.15) is 99.8 Å². The molecule has 0 radical (unpaired) electrons. The summed E-state index contributed by atoms with van der Waals surface area (Å²) >= 11 is 0. The monoisotopic (exact) mass is 594 g/mol. The fourth-order valence-electron chi connectivity index (χ4n) is 5.92. The molecule has 1 rings (SSSR count). The summed E-state index contributed by atoms with van der Waals surface area (Å²) in [4.78, 5) is 11.9. The zero-order chi connectivity index (χ0) is 30.0. The lowest BCUT2D eigenvalue weighted by atomic mass is 9.94. The van der Waals surface area contributed by atoms with Gasteiger partial charge in [-0.3, -0.25) is 4.79 Å². The third-order valence-electron chi connectivity index (χ3n) is 9.10. The van der Waals surface area contributed by atoms with E-state index in [0.29, 0.717) is 18.8 Å². The Morgan fingerprint density at radius 3 is 2.05 bits per heavy atom. The molecule has 1 fully saturated rings. The summed E-state index contributed by atoms with van der Waals surface area (Å²) in [6.45, 7) is 19.5. The highest BCUT2D eigenvalue weighted by molar-refractivity contribution is 6.74. The van der Waals surface area contributed by atoms with Gasteiger partial charge in [0, 0.05) is 12.5 Å². The molecule has 232 valence electrons. The molecule has 5 atom stereocenters. The molecule has 0 saturated carbocycles. The number of esters is 1. The number of rotatable bonds is 22. The van der Waals surface area contributed by atoms with E-state index in [1.54, 1.807) is 6.08 Å². The second-order valence-electron chi connectivity index (χ2n) is 11.9. The van der Waals surface area contributed by atoms with Crippen LogP contribution in [0.5, 0.6) is 0 Å². The molecule has 0 bridgehead atoms. The SMILES string of the molecule is C=CC[C@H](O)/C=C/C[C@@H](/C=C/C[C@@H](CCC[C@H]1C[C@H](C)CC(=O)O1)O[Si](CC)(CC)CC)O[Si](CC)(CC)CC. The minimum Gasteiger partial charge on any atom is -0.462 e. The van der Waals surface area contributed by atoms with Gasteiger partial charge in [0.05, 0.1) is 12.2 Å². The average Bonchev–Trinajstić information content (AvgIpc) is 2.94. The molecule has 7 heteroatoms. The summed E-state index contributed by atoms with van der Waals surface area (Å²) in [5, 5.41) is 10.1. The summed E-state index contributed by atoms with van der Waals surface area (Å²) in [5.74, 6) is 0.368. The summed E-state index contributed by atoms with van der Waals surface area (Å²) < 4.78 is 19.5. The second kappa shape index (κ2) is 20.0. The number of aliphatic hydroxyl groups is 1. The molecule has 0 aliphatic carbocycles. The lowest BCUT2D eigenvalue weighted by Gasteiger charge is -2.34. The molecule has 0 aromatic carbocycles. The van der Waals surface area contributed by atoms with Gasteiger partial charge in [-0.1, -0.05) is 78.8 Å². The Morgan fingerprint density at radius 2 is 1.50 bits per heavy atom.